The molecule has 1 amide bonds. The Morgan fingerprint density at radius 2 is 2.15 bits per heavy atom. The predicted molar refractivity (Wildman–Crippen MR) is 107 cm³/mol. The second-order valence-electron chi connectivity index (χ2n) is 8.66. The fourth-order valence-electron chi connectivity index (χ4n) is 3.03. The van der Waals surface area contributed by atoms with Crippen LogP contribution in [-0.4, -0.2) is 50.2 Å². The molecule has 0 aromatic carbocycles. The van der Waals surface area contributed by atoms with Gasteiger partial charge in [0, 0.05) is 31.8 Å². The lowest BCUT2D eigenvalue weighted by atomic mass is 9.94. The molecule has 7 nitrogen and oxygen atoms in total. The van der Waals surface area contributed by atoms with Crippen molar-refractivity contribution in [1.82, 2.24) is 10.3 Å². The molecule has 0 bridgehead atoms. The number of amides is 1. The molecule has 8 heteroatoms. The molecular formula is C18H32N4O3Si. The smallest absolute Gasteiger partial charge is 0.404 e. The van der Waals surface area contributed by atoms with Gasteiger partial charge in [0.05, 0.1) is 23.6 Å². The van der Waals surface area contributed by atoms with Gasteiger partial charge in [0.2, 0.25) is 0 Å². The second kappa shape index (κ2) is 7.83. The van der Waals surface area contributed by atoms with E-state index in [9.17, 15) is 4.79 Å². The number of nitrogen functional groups attached to an aromatic ring is 1. The summed E-state index contributed by atoms with van der Waals surface area (Å²) in [6.07, 6.45) is 3.11. The third-order valence-corrected chi connectivity index (χ3v) is 10.0. The standard InChI is InChI=1S/C18H32N4O3Si/c1-18(2,3)26(4,5)25-12-13-8-14(21-17(23)24)11-22(10-13)16-6-7-20-9-15(16)19/h6-7,9,13-14,21H,8,10-12,19H2,1-5H3,(H,23,24). The number of nitrogens with two attached hydrogens (primary N) is 1. The van der Waals surface area contributed by atoms with Crippen LogP contribution in [0.2, 0.25) is 18.1 Å². The summed E-state index contributed by atoms with van der Waals surface area (Å²) < 4.78 is 6.39. The number of carbonyl (C=O) groups is 1. The first-order valence-electron chi connectivity index (χ1n) is 9.07. The minimum Gasteiger partial charge on any atom is -0.465 e. The molecule has 1 aliphatic rings. The van der Waals surface area contributed by atoms with Crippen LogP contribution in [-0.2, 0) is 4.43 Å². The van der Waals surface area contributed by atoms with Gasteiger partial charge in [-0.1, -0.05) is 20.8 Å². The first kappa shape index (κ1) is 20.5. The summed E-state index contributed by atoms with van der Waals surface area (Å²) in [6, 6.07) is 1.73. The highest BCUT2D eigenvalue weighted by Crippen LogP contribution is 2.37. The van der Waals surface area contributed by atoms with Gasteiger partial charge in [-0.2, -0.15) is 0 Å². The topological polar surface area (TPSA) is 101 Å². The summed E-state index contributed by atoms with van der Waals surface area (Å²) >= 11 is 0. The average Bonchev–Trinajstić information content (AvgIpc) is 2.51. The molecule has 2 rings (SSSR count). The van der Waals surface area contributed by atoms with Crippen LogP contribution in [0.15, 0.2) is 18.5 Å². The fraction of sp³-hybridized carbons (Fsp3) is 0.667. The van der Waals surface area contributed by atoms with Gasteiger partial charge >= 0.3 is 6.09 Å². The van der Waals surface area contributed by atoms with Crippen molar-refractivity contribution >= 4 is 25.8 Å². The summed E-state index contributed by atoms with van der Waals surface area (Å²) in [5.74, 6) is 0.238. The minimum absolute atomic E-state index is 0.148. The van der Waals surface area contributed by atoms with E-state index in [4.69, 9.17) is 15.3 Å². The molecule has 2 atom stereocenters. The Labute approximate surface area is 157 Å². The molecule has 0 aliphatic carbocycles. The number of hydrogen-bond donors (Lipinski definition) is 3. The number of carboxylic acid groups (broad SMARTS) is 1. The third kappa shape index (κ3) is 5.11. The maximum absolute atomic E-state index is 11.1. The highest BCUT2D eigenvalue weighted by Gasteiger charge is 2.38. The van der Waals surface area contributed by atoms with Gasteiger partial charge < -0.3 is 25.5 Å². The van der Waals surface area contributed by atoms with Crippen LogP contribution in [0.3, 0.4) is 0 Å². The lowest BCUT2D eigenvalue weighted by Crippen LogP contribution is -2.52. The van der Waals surface area contributed by atoms with Gasteiger partial charge in [-0.25, -0.2) is 4.79 Å². The first-order chi connectivity index (χ1) is 12.0. The largest absolute Gasteiger partial charge is 0.465 e. The van der Waals surface area contributed by atoms with Gasteiger partial charge in [-0.15, -0.1) is 0 Å². The van der Waals surface area contributed by atoms with Crippen molar-refractivity contribution in [3.63, 3.8) is 0 Å². The van der Waals surface area contributed by atoms with E-state index in [0.29, 0.717) is 18.8 Å². The third-order valence-electron chi connectivity index (χ3n) is 5.52. The number of aromatic nitrogens is 1. The first-order valence-corrected chi connectivity index (χ1v) is 12.0. The SMILES string of the molecule is CC(C)(C)[Si](C)(C)OCC1CC(NC(=O)O)CN(c2ccncc2N)C1. The lowest BCUT2D eigenvalue weighted by molar-refractivity contribution is 0.172. The Hall–Kier alpha value is -1.80. The van der Waals surface area contributed by atoms with Crippen LogP contribution < -0.4 is 16.0 Å². The van der Waals surface area contributed by atoms with Crippen LogP contribution in [0, 0.1) is 5.92 Å². The number of pyridine rings is 1. The number of hydrogen-bond acceptors (Lipinski definition) is 5. The normalized spacial score (nSPS) is 21.5. The molecule has 4 N–H and O–H groups in total. The average molecular weight is 381 g/mol. The van der Waals surface area contributed by atoms with E-state index < -0.39 is 14.4 Å². The van der Waals surface area contributed by atoms with Crippen LogP contribution in [0.5, 0.6) is 0 Å². The van der Waals surface area contributed by atoms with Crippen molar-refractivity contribution in [3.8, 4) is 0 Å². The number of anilines is 2. The molecule has 0 saturated carbocycles. The highest BCUT2D eigenvalue weighted by atomic mass is 28.4. The van der Waals surface area contributed by atoms with Crippen molar-refractivity contribution in [2.45, 2.75) is 51.4 Å². The zero-order chi connectivity index (χ0) is 19.5. The van der Waals surface area contributed by atoms with E-state index in [1.165, 1.54) is 0 Å². The van der Waals surface area contributed by atoms with E-state index in [1.54, 1.807) is 12.4 Å². The van der Waals surface area contributed by atoms with Gasteiger partial charge in [0.15, 0.2) is 8.32 Å². The summed E-state index contributed by atoms with van der Waals surface area (Å²) in [6.45, 7) is 13.2. The number of piperidine rings is 1. The Morgan fingerprint density at radius 1 is 1.46 bits per heavy atom. The minimum atomic E-state index is -1.85. The number of nitrogens with one attached hydrogen (secondary N) is 1. The van der Waals surface area contributed by atoms with Gasteiger partial charge in [0.1, 0.15) is 0 Å². The monoisotopic (exact) mass is 380 g/mol. The fourth-order valence-corrected chi connectivity index (χ4v) is 4.12. The molecule has 1 aromatic heterocycles. The van der Waals surface area contributed by atoms with Crippen LogP contribution in [0.25, 0.3) is 0 Å². The zero-order valence-electron chi connectivity index (χ0n) is 16.5. The van der Waals surface area contributed by atoms with E-state index >= 15 is 0 Å². The van der Waals surface area contributed by atoms with Crippen molar-refractivity contribution in [3.05, 3.63) is 18.5 Å². The van der Waals surface area contributed by atoms with E-state index in [1.807, 2.05) is 6.07 Å². The van der Waals surface area contributed by atoms with E-state index in [-0.39, 0.29) is 17.0 Å². The Kier molecular flexibility index (Phi) is 6.18. The maximum atomic E-state index is 11.1. The second-order valence-corrected chi connectivity index (χ2v) is 13.5. The molecule has 1 fully saturated rings. The van der Waals surface area contributed by atoms with Crippen LogP contribution >= 0.6 is 0 Å². The zero-order valence-corrected chi connectivity index (χ0v) is 17.5. The maximum Gasteiger partial charge on any atom is 0.404 e. The highest BCUT2D eigenvalue weighted by molar-refractivity contribution is 6.74. The summed E-state index contributed by atoms with van der Waals surface area (Å²) in [7, 11) is -1.85. The van der Waals surface area contributed by atoms with Crippen molar-refractivity contribution in [2.75, 3.05) is 30.3 Å². The molecule has 2 unspecified atom stereocenters. The molecule has 146 valence electrons. The summed E-state index contributed by atoms with van der Waals surface area (Å²) in [5.41, 5.74) is 7.58. The van der Waals surface area contributed by atoms with E-state index in [2.05, 4.69) is 49.1 Å². The Morgan fingerprint density at radius 3 is 2.73 bits per heavy atom. The van der Waals surface area contributed by atoms with Crippen molar-refractivity contribution < 1.29 is 14.3 Å². The van der Waals surface area contributed by atoms with Crippen LogP contribution in [0.4, 0.5) is 16.2 Å². The van der Waals surface area contributed by atoms with E-state index in [0.717, 1.165) is 18.7 Å². The number of nitrogens with zero attached hydrogens (tertiary/aromatic N) is 2. The molecule has 1 saturated heterocycles. The molecule has 0 spiro atoms. The molecule has 0 radical (unpaired) electrons. The summed E-state index contributed by atoms with van der Waals surface area (Å²) in [5, 5.41) is 11.9. The van der Waals surface area contributed by atoms with Crippen molar-refractivity contribution in [2.24, 2.45) is 5.92 Å². The lowest BCUT2D eigenvalue weighted by Gasteiger charge is -2.42. The van der Waals surface area contributed by atoms with Gasteiger partial charge in [-0.3, -0.25) is 4.98 Å². The summed E-state index contributed by atoms with van der Waals surface area (Å²) in [4.78, 5) is 17.3. The van der Waals surface area contributed by atoms with Gasteiger partial charge in [0.25, 0.3) is 0 Å². The van der Waals surface area contributed by atoms with Crippen LogP contribution in [0.1, 0.15) is 27.2 Å². The van der Waals surface area contributed by atoms with Crippen molar-refractivity contribution in [1.29, 1.82) is 0 Å². The Bertz CT molecular complexity index is 633. The molecular weight excluding hydrogens is 348 g/mol. The molecule has 1 aromatic rings. The quantitative estimate of drug-likeness (QED) is 0.679. The molecule has 26 heavy (non-hydrogen) atoms. The predicted octanol–water partition coefficient (Wildman–Crippen LogP) is 3.15. The number of rotatable bonds is 5. The molecule has 2 heterocycles. The Balaban J connectivity index is 2.13. The molecule has 1 aliphatic heterocycles. The van der Waals surface area contributed by atoms with Gasteiger partial charge in [-0.05, 0) is 30.6 Å².